The van der Waals surface area contributed by atoms with Gasteiger partial charge in [-0.25, -0.2) is 4.98 Å². The zero-order valence-corrected chi connectivity index (χ0v) is 15.8. The second-order valence-electron chi connectivity index (χ2n) is 6.60. The second-order valence-corrected chi connectivity index (χ2v) is 6.60. The van der Waals surface area contributed by atoms with Crippen LogP contribution in [-0.4, -0.2) is 27.2 Å². The Morgan fingerprint density at radius 3 is 2.67 bits per heavy atom. The summed E-state index contributed by atoms with van der Waals surface area (Å²) in [5, 5.41) is 10.5. The molecule has 2 N–H and O–H groups in total. The minimum absolute atomic E-state index is 0.186. The Balaban J connectivity index is 1.43. The molecule has 0 bridgehead atoms. The Bertz CT molecular complexity index is 889. The fourth-order valence-corrected chi connectivity index (χ4v) is 2.71. The van der Waals surface area contributed by atoms with E-state index in [0.717, 1.165) is 30.8 Å². The zero-order valence-electron chi connectivity index (χ0n) is 15.8. The van der Waals surface area contributed by atoms with Crippen LogP contribution in [0.3, 0.4) is 0 Å². The monoisotopic (exact) mass is 363 g/mol. The third-order valence-electron chi connectivity index (χ3n) is 4.42. The maximum absolute atomic E-state index is 12.3. The predicted octanol–water partition coefficient (Wildman–Crippen LogP) is 3.33. The summed E-state index contributed by atoms with van der Waals surface area (Å²) in [6.07, 6.45) is 2.51. The summed E-state index contributed by atoms with van der Waals surface area (Å²) < 4.78 is 1.71. The Hall–Kier alpha value is -2.99. The molecule has 0 radical (unpaired) electrons. The lowest BCUT2D eigenvalue weighted by atomic mass is 10.1. The predicted molar refractivity (Wildman–Crippen MR) is 107 cm³/mol. The van der Waals surface area contributed by atoms with Crippen molar-refractivity contribution < 1.29 is 4.79 Å². The van der Waals surface area contributed by atoms with Crippen LogP contribution in [0.15, 0.2) is 54.9 Å². The molecule has 1 heterocycles. The van der Waals surface area contributed by atoms with Gasteiger partial charge in [0, 0.05) is 18.8 Å². The number of aryl methyl sites for hydroxylation is 3. The maximum atomic E-state index is 12.3. The third-order valence-corrected chi connectivity index (χ3v) is 4.42. The van der Waals surface area contributed by atoms with Gasteiger partial charge in [-0.05, 0) is 55.6 Å². The number of carbonyl (C=O) groups is 1. The number of benzene rings is 2. The Kier molecular flexibility index (Phi) is 6.33. The van der Waals surface area contributed by atoms with Crippen molar-refractivity contribution in [3.63, 3.8) is 0 Å². The highest BCUT2D eigenvalue weighted by Gasteiger charge is 2.12. The highest BCUT2D eigenvalue weighted by molar-refractivity contribution is 6.01. The van der Waals surface area contributed by atoms with Gasteiger partial charge in [0.05, 0.1) is 0 Å². The third kappa shape index (κ3) is 5.49. The van der Waals surface area contributed by atoms with Crippen molar-refractivity contribution in [3.8, 4) is 0 Å². The Morgan fingerprint density at radius 2 is 1.89 bits per heavy atom. The van der Waals surface area contributed by atoms with Crippen molar-refractivity contribution in [1.82, 2.24) is 20.1 Å². The number of anilines is 1. The van der Waals surface area contributed by atoms with E-state index in [1.54, 1.807) is 11.0 Å². The van der Waals surface area contributed by atoms with Crippen LogP contribution in [0.4, 0.5) is 5.69 Å². The van der Waals surface area contributed by atoms with E-state index in [2.05, 4.69) is 32.8 Å². The molecule has 6 heteroatoms. The van der Waals surface area contributed by atoms with Crippen LogP contribution in [-0.2, 0) is 13.1 Å². The minimum atomic E-state index is -0.292. The summed E-state index contributed by atoms with van der Waals surface area (Å²) >= 11 is 0. The molecule has 1 amide bonds. The molecular formula is C21H25N5O. The molecule has 0 saturated carbocycles. The van der Waals surface area contributed by atoms with Crippen molar-refractivity contribution >= 4 is 11.6 Å². The summed E-state index contributed by atoms with van der Waals surface area (Å²) in [6, 6.07) is 16.1. The number of nitrogens with zero attached hydrogens (tertiary/aromatic N) is 3. The second kappa shape index (κ2) is 9.09. The van der Waals surface area contributed by atoms with Crippen LogP contribution >= 0.6 is 0 Å². The van der Waals surface area contributed by atoms with Gasteiger partial charge in [-0.15, -0.1) is 5.10 Å². The van der Waals surface area contributed by atoms with E-state index in [-0.39, 0.29) is 11.7 Å². The average Bonchev–Trinajstić information content (AvgIpc) is 3.14. The van der Waals surface area contributed by atoms with Crippen LogP contribution in [0.5, 0.6) is 0 Å². The normalized spacial score (nSPS) is 10.7. The van der Waals surface area contributed by atoms with E-state index >= 15 is 0 Å². The lowest BCUT2D eigenvalue weighted by molar-refractivity contribution is 0.101. The molecule has 0 aliphatic heterocycles. The van der Waals surface area contributed by atoms with Crippen molar-refractivity contribution in [2.45, 2.75) is 33.4 Å². The molecule has 3 aromatic rings. The number of rotatable bonds is 8. The summed E-state index contributed by atoms with van der Waals surface area (Å²) in [7, 11) is 0. The molecule has 0 saturated heterocycles. The number of hydrogen-bond acceptors (Lipinski definition) is 4. The van der Waals surface area contributed by atoms with Gasteiger partial charge in [0.25, 0.3) is 5.91 Å². The lowest BCUT2D eigenvalue weighted by Crippen LogP contribution is -2.17. The molecule has 0 spiro atoms. The lowest BCUT2D eigenvalue weighted by Gasteiger charge is -2.06. The highest BCUT2D eigenvalue weighted by Crippen LogP contribution is 2.14. The largest absolute Gasteiger partial charge is 0.319 e. The van der Waals surface area contributed by atoms with Crippen LogP contribution < -0.4 is 10.6 Å². The van der Waals surface area contributed by atoms with E-state index in [1.807, 2.05) is 50.2 Å². The standard InChI is InChI=1S/C21H25N5O/c1-16-9-10-19(13-17(16)2)24-21(27)20-23-15-26(25-20)12-6-11-22-14-18-7-4-3-5-8-18/h3-5,7-10,13,15,22H,6,11-12,14H2,1-2H3,(H,24,27). The van der Waals surface area contributed by atoms with E-state index < -0.39 is 0 Å². The van der Waals surface area contributed by atoms with Crippen molar-refractivity contribution in [2.24, 2.45) is 0 Å². The van der Waals surface area contributed by atoms with Crippen LogP contribution in [0, 0.1) is 13.8 Å². The van der Waals surface area contributed by atoms with Gasteiger partial charge in [0.2, 0.25) is 5.82 Å². The van der Waals surface area contributed by atoms with Crippen molar-refractivity contribution in [3.05, 3.63) is 77.4 Å². The van der Waals surface area contributed by atoms with E-state index in [1.165, 1.54) is 11.1 Å². The maximum Gasteiger partial charge on any atom is 0.295 e. The molecule has 3 rings (SSSR count). The molecule has 27 heavy (non-hydrogen) atoms. The molecule has 0 fully saturated rings. The first-order chi connectivity index (χ1) is 13.1. The van der Waals surface area contributed by atoms with Crippen molar-refractivity contribution in [1.29, 1.82) is 0 Å². The summed E-state index contributed by atoms with van der Waals surface area (Å²) in [6.45, 7) is 6.50. The van der Waals surface area contributed by atoms with Gasteiger partial charge < -0.3 is 10.6 Å². The number of hydrogen-bond donors (Lipinski definition) is 2. The molecule has 0 aliphatic carbocycles. The van der Waals surface area contributed by atoms with Gasteiger partial charge in [-0.1, -0.05) is 36.4 Å². The van der Waals surface area contributed by atoms with Gasteiger partial charge in [0.15, 0.2) is 0 Å². The van der Waals surface area contributed by atoms with E-state index in [9.17, 15) is 4.79 Å². The number of aromatic nitrogens is 3. The minimum Gasteiger partial charge on any atom is -0.319 e. The molecule has 1 aromatic heterocycles. The molecule has 0 atom stereocenters. The van der Waals surface area contributed by atoms with E-state index in [4.69, 9.17) is 0 Å². The first-order valence-corrected chi connectivity index (χ1v) is 9.14. The first-order valence-electron chi connectivity index (χ1n) is 9.14. The summed E-state index contributed by atoms with van der Waals surface area (Å²) in [5.74, 6) is -0.107. The smallest absolute Gasteiger partial charge is 0.295 e. The quantitative estimate of drug-likeness (QED) is 0.602. The fraction of sp³-hybridized carbons (Fsp3) is 0.286. The molecule has 140 valence electrons. The Morgan fingerprint density at radius 1 is 1.07 bits per heavy atom. The first kappa shape index (κ1) is 18.8. The summed E-state index contributed by atoms with van der Waals surface area (Å²) in [5.41, 5.74) is 4.35. The summed E-state index contributed by atoms with van der Waals surface area (Å²) in [4.78, 5) is 16.4. The van der Waals surface area contributed by atoms with Crippen LogP contribution in [0.2, 0.25) is 0 Å². The molecule has 0 unspecified atom stereocenters. The zero-order chi connectivity index (χ0) is 19.1. The topological polar surface area (TPSA) is 71.8 Å². The van der Waals surface area contributed by atoms with Gasteiger partial charge >= 0.3 is 0 Å². The van der Waals surface area contributed by atoms with Gasteiger partial charge in [-0.2, -0.15) is 0 Å². The van der Waals surface area contributed by atoms with E-state index in [0.29, 0.717) is 6.54 Å². The molecule has 0 aliphatic rings. The Labute approximate surface area is 159 Å². The van der Waals surface area contributed by atoms with Gasteiger partial charge in [-0.3, -0.25) is 9.48 Å². The van der Waals surface area contributed by atoms with Crippen LogP contribution in [0.25, 0.3) is 0 Å². The molecule has 2 aromatic carbocycles. The number of amides is 1. The average molecular weight is 363 g/mol. The van der Waals surface area contributed by atoms with Gasteiger partial charge in [0.1, 0.15) is 6.33 Å². The molecular weight excluding hydrogens is 338 g/mol. The number of nitrogens with one attached hydrogen (secondary N) is 2. The van der Waals surface area contributed by atoms with Crippen LogP contribution in [0.1, 0.15) is 33.7 Å². The fourth-order valence-electron chi connectivity index (χ4n) is 2.71. The highest BCUT2D eigenvalue weighted by atomic mass is 16.2. The SMILES string of the molecule is Cc1ccc(NC(=O)c2ncn(CCCNCc3ccccc3)n2)cc1C. The van der Waals surface area contributed by atoms with Crippen molar-refractivity contribution in [2.75, 3.05) is 11.9 Å². The number of carbonyl (C=O) groups excluding carboxylic acids is 1. The molecule has 6 nitrogen and oxygen atoms in total.